The second kappa shape index (κ2) is 4.66. The summed E-state index contributed by atoms with van der Waals surface area (Å²) in [4.78, 5) is 4.75. The number of nitrogens with zero attached hydrogens (tertiary/aromatic N) is 1. The summed E-state index contributed by atoms with van der Waals surface area (Å²) in [5, 5.41) is 1.92. The molecule has 1 heterocycles. The van der Waals surface area contributed by atoms with Gasteiger partial charge in [-0.15, -0.1) is 0 Å². The summed E-state index contributed by atoms with van der Waals surface area (Å²) in [6, 6.07) is 6.23. The molecule has 1 aromatic heterocycles. The predicted molar refractivity (Wildman–Crippen MR) is 74.8 cm³/mol. The SMILES string of the molecule is Cc1ccc(C)c2c(Cl)cc(CC(C)C)nc12. The van der Waals surface area contributed by atoms with Crippen molar-refractivity contribution in [2.24, 2.45) is 5.92 Å². The van der Waals surface area contributed by atoms with Crippen LogP contribution in [0.25, 0.3) is 10.9 Å². The Balaban J connectivity index is 2.68. The molecule has 0 bridgehead atoms. The highest BCUT2D eigenvalue weighted by molar-refractivity contribution is 6.35. The van der Waals surface area contributed by atoms with Gasteiger partial charge in [-0.05, 0) is 43.4 Å². The fourth-order valence-electron chi connectivity index (χ4n) is 2.16. The van der Waals surface area contributed by atoms with Crippen molar-refractivity contribution in [1.82, 2.24) is 4.98 Å². The number of fused-ring (bicyclic) bond motifs is 1. The van der Waals surface area contributed by atoms with Crippen LogP contribution in [0.3, 0.4) is 0 Å². The maximum Gasteiger partial charge on any atom is 0.0752 e. The van der Waals surface area contributed by atoms with E-state index in [2.05, 4.69) is 39.8 Å². The fourth-order valence-corrected chi connectivity index (χ4v) is 2.52. The summed E-state index contributed by atoms with van der Waals surface area (Å²) >= 11 is 6.38. The van der Waals surface area contributed by atoms with Gasteiger partial charge in [0.2, 0.25) is 0 Å². The van der Waals surface area contributed by atoms with Crippen LogP contribution in [0.15, 0.2) is 18.2 Å². The molecule has 0 spiro atoms. The minimum Gasteiger partial charge on any atom is -0.252 e. The van der Waals surface area contributed by atoms with Gasteiger partial charge in [0.05, 0.1) is 10.5 Å². The number of pyridine rings is 1. The maximum absolute atomic E-state index is 6.38. The number of aromatic nitrogens is 1. The molecule has 0 radical (unpaired) electrons. The number of halogens is 1. The molecule has 1 nitrogen and oxygen atoms in total. The van der Waals surface area contributed by atoms with E-state index in [0.717, 1.165) is 28.0 Å². The summed E-state index contributed by atoms with van der Waals surface area (Å²) in [6.45, 7) is 8.56. The first kappa shape index (κ1) is 12.4. The number of aryl methyl sites for hydroxylation is 2. The molecular weight excluding hydrogens is 230 g/mol. The zero-order valence-corrected chi connectivity index (χ0v) is 11.6. The van der Waals surface area contributed by atoms with Gasteiger partial charge >= 0.3 is 0 Å². The lowest BCUT2D eigenvalue weighted by Gasteiger charge is -2.11. The third-order valence-electron chi connectivity index (χ3n) is 2.99. The lowest BCUT2D eigenvalue weighted by molar-refractivity contribution is 0.637. The molecule has 90 valence electrons. The molecule has 0 aliphatic heterocycles. The molecule has 2 heteroatoms. The van der Waals surface area contributed by atoms with Gasteiger partial charge < -0.3 is 0 Å². The Labute approximate surface area is 108 Å². The Morgan fingerprint density at radius 2 is 1.82 bits per heavy atom. The molecule has 0 fully saturated rings. The molecule has 2 rings (SSSR count). The summed E-state index contributed by atoms with van der Waals surface area (Å²) in [7, 11) is 0. The second-order valence-corrected chi connectivity index (χ2v) is 5.52. The molecule has 1 aromatic carbocycles. The van der Waals surface area contributed by atoms with Crippen molar-refractivity contribution >= 4 is 22.5 Å². The lowest BCUT2D eigenvalue weighted by atomic mass is 10.0. The Morgan fingerprint density at radius 3 is 2.47 bits per heavy atom. The standard InChI is InChI=1S/C15H18ClN/c1-9(2)7-12-8-13(16)14-10(3)5-6-11(4)15(14)17-12/h5-6,8-9H,7H2,1-4H3. The minimum atomic E-state index is 0.598. The van der Waals surface area contributed by atoms with E-state index in [1.807, 2.05) is 6.07 Å². The predicted octanol–water partition coefficient (Wildman–Crippen LogP) is 4.70. The van der Waals surface area contributed by atoms with Crippen molar-refractivity contribution in [2.75, 3.05) is 0 Å². The van der Waals surface area contributed by atoms with E-state index >= 15 is 0 Å². The molecule has 0 amide bonds. The zero-order chi connectivity index (χ0) is 12.6. The molecule has 0 aliphatic carbocycles. The molecule has 2 aromatic rings. The van der Waals surface area contributed by atoms with Crippen LogP contribution in [0.1, 0.15) is 30.7 Å². The van der Waals surface area contributed by atoms with E-state index < -0.39 is 0 Å². The normalized spacial score (nSPS) is 11.4. The van der Waals surface area contributed by atoms with E-state index in [9.17, 15) is 0 Å². The average molecular weight is 248 g/mol. The van der Waals surface area contributed by atoms with Gasteiger partial charge in [0.25, 0.3) is 0 Å². The van der Waals surface area contributed by atoms with Crippen LogP contribution in [0.5, 0.6) is 0 Å². The highest BCUT2D eigenvalue weighted by Crippen LogP contribution is 2.29. The second-order valence-electron chi connectivity index (χ2n) is 5.12. The highest BCUT2D eigenvalue weighted by Gasteiger charge is 2.09. The molecule has 0 unspecified atom stereocenters. The number of rotatable bonds is 2. The lowest BCUT2D eigenvalue weighted by Crippen LogP contribution is -1.99. The monoisotopic (exact) mass is 247 g/mol. The van der Waals surface area contributed by atoms with Gasteiger partial charge in [0, 0.05) is 11.1 Å². The maximum atomic E-state index is 6.38. The van der Waals surface area contributed by atoms with Gasteiger partial charge in [0.15, 0.2) is 0 Å². The third-order valence-corrected chi connectivity index (χ3v) is 3.29. The molecular formula is C15H18ClN. The van der Waals surface area contributed by atoms with Gasteiger partial charge in [-0.2, -0.15) is 0 Å². The van der Waals surface area contributed by atoms with Crippen LogP contribution >= 0.6 is 11.6 Å². The highest BCUT2D eigenvalue weighted by atomic mass is 35.5. The summed E-state index contributed by atoms with van der Waals surface area (Å²) in [5.74, 6) is 0.598. The molecule has 0 atom stereocenters. The summed E-state index contributed by atoms with van der Waals surface area (Å²) < 4.78 is 0. The van der Waals surface area contributed by atoms with Crippen LogP contribution in [0, 0.1) is 19.8 Å². The van der Waals surface area contributed by atoms with Gasteiger partial charge in [0.1, 0.15) is 0 Å². The topological polar surface area (TPSA) is 12.9 Å². The summed E-state index contributed by atoms with van der Waals surface area (Å²) in [6.07, 6.45) is 0.975. The first-order valence-corrected chi connectivity index (χ1v) is 6.42. The average Bonchev–Trinajstić information content (AvgIpc) is 2.22. The Morgan fingerprint density at radius 1 is 1.18 bits per heavy atom. The van der Waals surface area contributed by atoms with Gasteiger partial charge in [-0.3, -0.25) is 4.98 Å². The number of hydrogen-bond acceptors (Lipinski definition) is 1. The molecule has 0 saturated carbocycles. The third kappa shape index (κ3) is 2.44. The van der Waals surface area contributed by atoms with E-state index in [-0.39, 0.29) is 0 Å². The Bertz CT molecular complexity index is 558. The smallest absolute Gasteiger partial charge is 0.0752 e. The van der Waals surface area contributed by atoms with Crippen molar-refractivity contribution in [3.05, 3.63) is 40.0 Å². The van der Waals surface area contributed by atoms with E-state index in [1.165, 1.54) is 11.1 Å². The van der Waals surface area contributed by atoms with Crippen molar-refractivity contribution in [1.29, 1.82) is 0 Å². The molecule has 17 heavy (non-hydrogen) atoms. The quantitative estimate of drug-likeness (QED) is 0.749. The molecule has 0 saturated heterocycles. The van der Waals surface area contributed by atoms with Crippen molar-refractivity contribution in [3.8, 4) is 0 Å². The minimum absolute atomic E-state index is 0.598. The number of benzene rings is 1. The van der Waals surface area contributed by atoms with Crippen LogP contribution in [-0.2, 0) is 6.42 Å². The van der Waals surface area contributed by atoms with E-state index in [4.69, 9.17) is 16.6 Å². The van der Waals surface area contributed by atoms with Crippen molar-refractivity contribution in [3.63, 3.8) is 0 Å². The fraction of sp³-hybridized carbons (Fsp3) is 0.400. The van der Waals surface area contributed by atoms with Crippen LogP contribution < -0.4 is 0 Å². The molecule has 0 N–H and O–H groups in total. The summed E-state index contributed by atoms with van der Waals surface area (Å²) in [5.41, 5.74) is 4.52. The van der Waals surface area contributed by atoms with E-state index in [1.54, 1.807) is 0 Å². The van der Waals surface area contributed by atoms with Crippen LogP contribution in [-0.4, -0.2) is 4.98 Å². The zero-order valence-electron chi connectivity index (χ0n) is 10.8. The van der Waals surface area contributed by atoms with Crippen LogP contribution in [0.4, 0.5) is 0 Å². The van der Waals surface area contributed by atoms with Gasteiger partial charge in [-0.25, -0.2) is 0 Å². The first-order chi connectivity index (χ1) is 7.99. The van der Waals surface area contributed by atoms with Crippen molar-refractivity contribution < 1.29 is 0 Å². The largest absolute Gasteiger partial charge is 0.252 e. The van der Waals surface area contributed by atoms with Crippen molar-refractivity contribution in [2.45, 2.75) is 34.1 Å². The van der Waals surface area contributed by atoms with E-state index in [0.29, 0.717) is 5.92 Å². The first-order valence-electron chi connectivity index (χ1n) is 6.04. The Hall–Kier alpha value is -1.08. The van der Waals surface area contributed by atoms with Crippen LogP contribution in [0.2, 0.25) is 5.02 Å². The Kier molecular flexibility index (Phi) is 3.39. The van der Waals surface area contributed by atoms with Gasteiger partial charge in [-0.1, -0.05) is 37.6 Å². The molecule has 0 aliphatic rings. The number of hydrogen-bond donors (Lipinski definition) is 0.